The van der Waals surface area contributed by atoms with Gasteiger partial charge in [0.15, 0.2) is 23.0 Å². The van der Waals surface area contributed by atoms with Crippen molar-refractivity contribution in [1.29, 1.82) is 0 Å². The topological polar surface area (TPSA) is 81.5 Å². The quantitative estimate of drug-likeness (QED) is 0.0753. The second-order valence-corrected chi connectivity index (χ2v) is 9.01. The van der Waals surface area contributed by atoms with Gasteiger partial charge >= 0.3 is 0 Å². The Morgan fingerprint density at radius 2 is 1.34 bits per heavy atom. The van der Waals surface area contributed by atoms with Crippen molar-refractivity contribution in [3.8, 4) is 5.75 Å². The number of non-ortho nitro benzene ring substituents is 1. The zero-order chi connectivity index (χ0) is 23.4. The van der Waals surface area contributed by atoms with Gasteiger partial charge < -0.3 is 8.38 Å². The zero-order valence-electron chi connectivity index (χ0n) is 19.7. The molecule has 0 aromatic heterocycles. The minimum Gasteiger partial charge on any atom is -0.427 e. The van der Waals surface area contributed by atoms with Crippen LogP contribution in [0.1, 0.15) is 120 Å². The lowest BCUT2D eigenvalue weighted by molar-refractivity contribution is -0.384. The number of hydrogen-bond donors (Lipinski definition) is 1. The number of nitro groups is 1. The first-order valence-corrected chi connectivity index (χ1v) is 13.3. The van der Waals surface area contributed by atoms with E-state index in [0.29, 0.717) is 12.3 Å². The highest BCUT2D eigenvalue weighted by molar-refractivity contribution is 14.1. The van der Waals surface area contributed by atoms with E-state index in [-0.39, 0.29) is 17.2 Å². The average Bonchev–Trinajstić information content (AvgIpc) is 2.80. The number of hydrogen-bond acceptors (Lipinski definition) is 4. The molecule has 0 fully saturated rings. The van der Waals surface area contributed by atoms with E-state index in [9.17, 15) is 14.9 Å². The maximum atomic E-state index is 12.3. The van der Waals surface area contributed by atoms with Crippen LogP contribution in [-0.2, 0) is 0 Å². The fourth-order valence-electron chi connectivity index (χ4n) is 3.85. The van der Waals surface area contributed by atoms with Crippen molar-refractivity contribution in [2.45, 2.75) is 110 Å². The molecule has 0 aliphatic heterocycles. The van der Waals surface area contributed by atoms with Gasteiger partial charge in [-0.15, -0.1) is 0 Å². The van der Waals surface area contributed by atoms with E-state index in [2.05, 4.69) is 12.2 Å². The first-order valence-electron chi connectivity index (χ1n) is 12.5. The first-order chi connectivity index (χ1) is 15.6. The smallest absolute Gasteiger partial charge is 0.270 e. The summed E-state index contributed by atoms with van der Waals surface area (Å²) in [5, 5.41) is 13.8. The molecule has 32 heavy (non-hydrogen) atoms. The molecule has 1 aromatic rings. The SMILES string of the molecule is CCCCCCCCCCCCCCCCCCNC(=O)c1cc([N+](=O)[O-])ccc1OI. The van der Waals surface area contributed by atoms with E-state index in [4.69, 9.17) is 3.07 Å². The van der Waals surface area contributed by atoms with E-state index in [1.807, 2.05) is 0 Å². The number of benzene rings is 1. The van der Waals surface area contributed by atoms with E-state index < -0.39 is 4.92 Å². The van der Waals surface area contributed by atoms with Crippen LogP contribution in [0.3, 0.4) is 0 Å². The van der Waals surface area contributed by atoms with Crippen LogP contribution in [0.4, 0.5) is 5.69 Å². The fraction of sp³-hybridized carbons (Fsp3) is 0.720. The number of nitrogens with zero attached hydrogens (tertiary/aromatic N) is 1. The number of amides is 1. The fourth-order valence-corrected chi connectivity index (χ4v) is 4.23. The number of carbonyl (C=O) groups is 1. The molecule has 182 valence electrons. The summed E-state index contributed by atoms with van der Waals surface area (Å²) in [4.78, 5) is 22.8. The average molecular weight is 561 g/mol. The molecule has 1 aromatic carbocycles. The van der Waals surface area contributed by atoms with Crippen molar-refractivity contribution in [2.75, 3.05) is 6.54 Å². The van der Waals surface area contributed by atoms with Gasteiger partial charge in [-0.3, -0.25) is 14.9 Å². The molecular weight excluding hydrogens is 519 g/mol. The minimum absolute atomic E-state index is 0.116. The third-order valence-electron chi connectivity index (χ3n) is 5.82. The molecule has 0 saturated heterocycles. The number of carbonyl (C=O) groups excluding carboxylic acids is 1. The molecule has 0 unspecified atom stereocenters. The van der Waals surface area contributed by atoms with E-state index in [1.165, 1.54) is 108 Å². The lowest BCUT2D eigenvalue weighted by Crippen LogP contribution is -2.24. The lowest BCUT2D eigenvalue weighted by Gasteiger charge is -2.08. The van der Waals surface area contributed by atoms with Gasteiger partial charge in [0, 0.05) is 18.7 Å². The summed E-state index contributed by atoms with van der Waals surface area (Å²) in [5.74, 6) is 0.00185. The molecular formula is C25H41IN2O4. The highest BCUT2D eigenvalue weighted by Crippen LogP contribution is 2.25. The Morgan fingerprint density at radius 3 is 1.78 bits per heavy atom. The summed E-state index contributed by atoms with van der Waals surface area (Å²) in [6, 6.07) is 4.05. The molecule has 1 amide bonds. The number of halogens is 1. The molecule has 0 aliphatic rings. The Kier molecular flexibility index (Phi) is 17.1. The minimum atomic E-state index is -0.511. The Hall–Kier alpha value is -1.38. The Balaban J connectivity index is 1.98. The molecule has 0 atom stereocenters. The van der Waals surface area contributed by atoms with Gasteiger partial charge in [-0.2, -0.15) is 0 Å². The van der Waals surface area contributed by atoms with Gasteiger partial charge in [0.05, 0.1) is 10.5 Å². The predicted molar refractivity (Wildman–Crippen MR) is 140 cm³/mol. The highest BCUT2D eigenvalue weighted by atomic mass is 127. The third-order valence-corrected chi connectivity index (χ3v) is 6.29. The molecule has 6 nitrogen and oxygen atoms in total. The van der Waals surface area contributed by atoms with Gasteiger partial charge in [-0.25, -0.2) is 0 Å². The van der Waals surface area contributed by atoms with Crippen LogP contribution in [0.15, 0.2) is 18.2 Å². The molecule has 0 aliphatic carbocycles. The first kappa shape index (κ1) is 28.7. The number of unbranched alkanes of at least 4 members (excludes halogenated alkanes) is 15. The number of nitro benzene ring substituents is 1. The summed E-state index contributed by atoms with van der Waals surface area (Å²) in [5.41, 5.74) is 0.0832. The second-order valence-electron chi connectivity index (χ2n) is 8.57. The highest BCUT2D eigenvalue weighted by Gasteiger charge is 2.17. The second kappa shape index (κ2) is 19.1. The van der Waals surface area contributed by atoms with Crippen LogP contribution < -0.4 is 8.38 Å². The Labute approximate surface area is 208 Å². The van der Waals surface area contributed by atoms with Crippen LogP contribution >= 0.6 is 23.0 Å². The van der Waals surface area contributed by atoms with Crippen molar-refractivity contribution >= 4 is 34.6 Å². The van der Waals surface area contributed by atoms with Crippen molar-refractivity contribution < 1.29 is 12.8 Å². The van der Waals surface area contributed by atoms with E-state index in [1.54, 1.807) is 23.0 Å². The van der Waals surface area contributed by atoms with Gasteiger partial charge in [0.25, 0.3) is 11.6 Å². The molecule has 0 saturated carbocycles. The van der Waals surface area contributed by atoms with E-state index in [0.717, 1.165) is 12.8 Å². The summed E-state index contributed by atoms with van der Waals surface area (Å²) >= 11 is 1.67. The maximum Gasteiger partial charge on any atom is 0.270 e. The summed E-state index contributed by atoms with van der Waals surface area (Å²) in [7, 11) is 0. The monoisotopic (exact) mass is 560 g/mol. The van der Waals surface area contributed by atoms with Crippen molar-refractivity contribution in [3.05, 3.63) is 33.9 Å². The summed E-state index contributed by atoms with van der Waals surface area (Å²) in [6.07, 6.45) is 21.0. The standard InChI is InChI=1S/C25H41IN2O4/c1-2-3-4-5-6-7-8-9-10-11-12-13-14-15-16-17-20-27-25(29)23-21-22(28(30)31)18-19-24(23)32-26/h18-19,21H,2-17,20H2,1H3,(H,27,29). The number of rotatable bonds is 20. The molecule has 7 heteroatoms. The molecule has 1 rings (SSSR count). The summed E-state index contributed by atoms with van der Waals surface area (Å²) < 4.78 is 5.12. The molecule has 0 spiro atoms. The van der Waals surface area contributed by atoms with Crippen LogP contribution in [-0.4, -0.2) is 17.4 Å². The molecule has 1 N–H and O–H groups in total. The predicted octanol–water partition coefficient (Wildman–Crippen LogP) is 8.31. The normalized spacial score (nSPS) is 10.8. The van der Waals surface area contributed by atoms with Crippen LogP contribution in [0.2, 0.25) is 0 Å². The Bertz CT molecular complexity index is 655. The largest absolute Gasteiger partial charge is 0.427 e. The van der Waals surface area contributed by atoms with Crippen molar-refractivity contribution in [2.24, 2.45) is 0 Å². The van der Waals surface area contributed by atoms with Crippen LogP contribution in [0.25, 0.3) is 0 Å². The molecule has 0 bridgehead atoms. The summed E-state index contributed by atoms with van der Waals surface area (Å²) in [6.45, 7) is 2.84. The van der Waals surface area contributed by atoms with Crippen LogP contribution in [0.5, 0.6) is 5.75 Å². The molecule has 0 radical (unpaired) electrons. The van der Waals surface area contributed by atoms with Crippen LogP contribution in [0, 0.1) is 10.1 Å². The third kappa shape index (κ3) is 13.2. The maximum absolute atomic E-state index is 12.3. The van der Waals surface area contributed by atoms with Gasteiger partial charge in [0.2, 0.25) is 0 Å². The van der Waals surface area contributed by atoms with Crippen molar-refractivity contribution in [3.63, 3.8) is 0 Å². The van der Waals surface area contributed by atoms with Crippen molar-refractivity contribution in [1.82, 2.24) is 5.32 Å². The lowest BCUT2D eigenvalue weighted by atomic mass is 10.0. The Morgan fingerprint density at radius 1 is 0.875 bits per heavy atom. The molecule has 0 heterocycles. The van der Waals surface area contributed by atoms with Gasteiger partial charge in [0.1, 0.15) is 5.75 Å². The van der Waals surface area contributed by atoms with Gasteiger partial charge in [-0.05, 0) is 12.5 Å². The zero-order valence-corrected chi connectivity index (χ0v) is 21.9. The van der Waals surface area contributed by atoms with E-state index >= 15 is 0 Å². The number of nitrogens with one attached hydrogen (secondary N) is 1. The van der Waals surface area contributed by atoms with Gasteiger partial charge in [-0.1, -0.05) is 103 Å².